The predicted octanol–water partition coefficient (Wildman–Crippen LogP) is 3.66. The Balaban J connectivity index is 1.66. The minimum absolute atomic E-state index is 0.0967. The molecule has 0 unspecified atom stereocenters. The number of nitrogens with zero attached hydrogens (tertiary/aromatic N) is 3. The number of rotatable bonds is 17. The number of fused-ring (bicyclic) bond motifs is 1. The van der Waals surface area contributed by atoms with Crippen molar-refractivity contribution in [3.8, 4) is 0 Å². The molecule has 0 saturated carbocycles. The standard InChI is InChI=1S/C35H49N3O7/c1-6-9-17-27(40)36(5)24(4)30(25-15-12-11-13-16-25)44-34(43)28-26-18-19-35(45-26)29(28)32(41)38(22-14-23-39)31(35)33(42)37(20-8-3)21-10-7-2/h6,8,11-13,15-16,24,26,28-31,39H,1,3,7,9-10,14,17-23H2,2,4-5H3/t24-,26-,28+,29+,30+,31-,35+/m0/s1. The summed E-state index contributed by atoms with van der Waals surface area (Å²) in [7, 11) is 1.69. The first kappa shape index (κ1) is 34.4. The topological polar surface area (TPSA) is 117 Å². The van der Waals surface area contributed by atoms with E-state index in [1.54, 1.807) is 29.0 Å². The lowest BCUT2D eigenvalue weighted by molar-refractivity contribution is -0.164. The number of carbonyl (C=O) groups excluding carboxylic acids is 4. The first-order valence-electron chi connectivity index (χ1n) is 16.3. The summed E-state index contributed by atoms with van der Waals surface area (Å²) in [5.74, 6) is -2.99. The summed E-state index contributed by atoms with van der Waals surface area (Å²) in [6.45, 7) is 12.3. The fourth-order valence-electron chi connectivity index (χ4n) is 7.27. The van der Waals surface area contributed by atoms with Gasteiger partial charge >= 0.3 is 5.97 Å². The van der Waals surface area contributed by atoms with Gasteiger partial charge in [0.1, 0.15) is 17.7 Å². The number of likely N-dealkylation sites (N-methyl/N-ethyl adjacent to an activating group) is 1. The van der Waals surface area contributed by atoms with Crippen LogP contribution >= 0.6 is 0 Å². The minimum Gasteiger partial charge on any atom is -0.455 e. The molecule has 1 spiro atoms. The van der Waals surface area contributed by atoms with E-state index in [4.69, 9.17) is 9.47 Å². The number of aliphatic hydroxyl groups excluding tert-OH is 1. The van der Waals surface area contributed by atoms with Crippen LogP contribution in [0.25, 0.3) is 0 Å². The number of ether oxygens (including phenoxy) is 2. The summed E-state index contributed by atoms with van der Waals surface area (Å²) in [4.78, 5) is 60.4. The lowest BCUT2D eigenvalue weighted by Gasteiger charge is -2.37. The van der Waals surface area contributed by atoms with E-state index in [0.29, 0.717) is 38.8 Å². The number of allylic oxidation sites excluding steroid dienone is 1. The number of aliphatic hydroxyl groups is 1. The Morgan fingerprint density at radius 3 is 2.58 bits per heavy atom. The van der Waals surface area contributed by atoms with Crippen molar-refractivity contribution in [1.29, 1.82) is 0 Å². The van der Waals surface area contributed by atoms with Crippen LogP contribution < -0.4 is 0 Å². The molecular formula is C35H49N3O7. The van der Waals surface area contributed by atoms with Crippen LogP contribution in [0, 0.1) is 11.8 Å². The Morgan fingerprint density at radius 1 is 1.20 bits per heavy atom. The number of amides is 3. The van der Waals surface area contributed by atoms with Gasteiger partial charge < -0.3 is 29.3 Å². The molecule has 246 valence electrons. The molecule has 2 bridgehead atoms. The molecule has 3 fully saturated rings. The molecule has 45 heavy (non-hydrogen) atoms. The molecule has 1 aromatic carbocycles. The molecule has 0 aromatic heterocycles. The molecule has 3 heterocycles. The SMILES string of the molecule is C=CCCC(=O)N(C)[C@@H](C)[C@@H](OC(=O)[C@@H]1[C@@H]2CC[C@]3(O2)[C@H](C(=O)N(CC=C)CCCC)N(CCCO)C(=O)[C@@H]13)c1ccccc1. The normalized spacial score (nSPS) is 26.2. The minimum atomic E-state index is -1.16. The van der Waals surface area contributed by atoms with Gasteiger partial charge in [-0.1, -0.05) is 55.8 Å². The van der Waals surface area contributed by atoms with Gasteiger partial charge in [-0.25, -0.2) is 0 Å². The van der Waals surface area contributed by atoms with E-state index in [9.17, 15) is 24.3 Å². The van der Waals surface area contributed by atoms with Crippen LogP contribution in [0.15, 0.2) is 55.6 Å². The number of hydrogen-bond acceptors (Lipinski definition) is 7. The van der Waals surface area contributed by atoms with Gasteiger partial charge in [0.25, 0.3) is 0 Å². The second kappa shape index (κ2) is 15.2. The molecule has 1 aromatic rings. The lowest BCUT2D eigenvalue weighted by atomic mass is 9.70. The fraction of sp³-hybridized carbons (Fsp3) is 0.600. The number of unbranched alkanes of at least 4 members (excludes halogenated alkanes) is 1. The van der Waals surface area contributed by atoms with Crippen LogP contribution in [0.3, 0.4) is 0 Å². The second-order valence-corrected chi connectivity index (χ2v) is 12.4. The summed E-state index contributed by atoms with van der Waals surface area (Å²) in [6.07, 6.45) is 5.82. The Bertz CT molecular complexity index is 1240. The fourth-order valence-corrected chi connectivity index (χ4v) is 7.27. The molecule has 10 nitrogen and oxygen atoms in total. The maximum absolute atomic E-state index is 14.2. The van der Waals surface area contributed by atoms with Crippen molar-refractivity contribution in [1.82, 2.24) is 14.7 Å². The average Bonchev–Trinajstić information content (AvgIpc) is 3.69. The highest BCUT2D eigenvalue weighted by Gasteiger charge is 2.75. The van der Waals surface area contributed by atoms with Crippen LogP contribution in [0.4, 0.5) is 0 Å². The Morgan fingerprint density at radius 2 is 1.93 bits per heavy atom. The third-order valence-electron chi connectivity index (χ3n) is 9.68. The van der Waals surface area contributed by atoms with Crippen LogP contribution in [0.1, 0.15) is 70.5 Å². The molecule has 0 aliphatic carbocycles. The molecule has 1 N–H and O–H groups in total. The van der Waals surface area contributed by atoms with Crippen LogP contribution in [0.5, 0.6) is 0 Å². The Labute approximate surface area is 267 Å². The summed E-state index contributed by atoms with van der Waals surface area (Å²) in [5.41, 5.74) is -0.429. The molecule has 3 saturated heterocycles. The highest BCUT2D eigenvalue weighted by molar-refractivity contribution is 5.98. The molecule has 0 radical (unpaired) electrons. The van der Waals surface area contributed by atoms with Crippen LogP contribution in [-0.4, -0.2) is 101 Å². The van der Waals surface area contributed by atoms with Crippen molar-refractivity contribution < 1.29 is 33.8 Å². The maximum Gasteiger partial charge on any atom is 0.313 e. The van der Waals surface area contributed by atoms with Gasteiger partial charge in [0.2, 0.25) is 17.7 Å². The lowest BCUT2D eigenvalue weighted by Crippen LogP contribution is -2.56. The number of carbonyl (C=O) groups is 4. The van der Waals surface area contributed by atoms with Crippen molar-refractivity contribution in [2.75, 3.05) is 33.3 Å². The molecule has 7 atom stereocenters. The van der Waals surface area contributed by atoms with Gasteiger partial charge in [0.05, 0.1) is 24.0 Å². The third-order valence-corrected chi connectivity index (χ3v) is 9.68. The van der Waals surface area contributed by atoms with Crippen molar-refractivity contribution in [3.63, 3.8) is 0 Å². The van der Waals surface area contributed by atoms with Gasteiger partial charge in [0.15, 0.2) is 0 Å². The van der Waals surface area contributed by atoms with Gasteiger partial charge in [-0.3, -0.25) is 19.2 Å². The summed E-state index contributed by atoms with van der Waals surface area (Å²) >= 11 is 0. The molecule has 3 amide bonds. The van der Waals surface area contributed by atoms with Gasteiger partial charge in [-0.05, 0) is 44.6 Å². The first-order chi connectivity index (χ1) is 21.7. The quantitative estimate of drug-likeness (QED) is 0.208. The zero-order valence-corrected chi connectivity index (χ0v) is 26.9. The second-order valence-electron chi connectivity index (χ2n) is 12.4. The summed E-state index contributed by atoms with van der Waals surface area (Å²) in [6, 6.07) is 7.87. The van der Waals surface area contributed by atoms with Gasteiger partial charge in [-0.2, -0.15) is 0 Å². The van der Waals surface area contributed by atoms with E-state index in [1.165, 1.54) is 4.90 Å². The van der Waals surface area contributed by atoms with Crippen LogP contribution in [0.2, 0.25) is 0 Å². The molecule has 3 aliphatic rings. The zero-order valence-electron chi connectivity index (χ0n) is 26.9. The van der Waals surface area contributed by atoms with E-state index < -0.39 is 47.7 Å². The highest BCUT2D eigenvalue weighted by atomic mass is 16.6. The van der Waals surface area contributed by atoms with E-state index >= 15 is 0 Å². The molecule has 4 rings (SSSR count). The largest absolute Gasteiger partial charge is 0.455 e. The molecular weight excluding hydrogens is 574 g/mol. The van der Waals surface area contributed by atoms with Crippen molar-refractivity contribution >= 4 is 23.7 Å². The van der Waals surface area contributed by atoms with Gasteiger partial charge in [0, 0.05) is 39.7 Å². The van der Waals surface area contributed by atoms with Crippen molar-refractivity contribution in [2.45, 2.75) is 88.7 Å². The predicted molar refractivity (Wildman–Crippen MR) is 170 cm³/mol. The third kappa shape index (κ3) is 6.72. The van der Waals surface area contributed by atoms with Crippen molar-refractivity contribution in [3.05, 3.63) is 61.2 Å². The monoisotopic (exact) mass is 623 g/mol. The smallest absolute Gasteiger partial charge is 0.313 e. The number of likely N-dealkylation sites (tertiary alicyclic amines) is 1. The summed E-state index contributed by atoms with van der Waals surface area (Å²) < 4.78 is 12.8. The maximum atomic E-state index is 14.2. The van der Waals surface area contributed by atoms with E-state index in [1.807, 2.05) is 44.2 Å². The highest BCUT2D eigenvalue weighted by Crippen LogP contribution is 2.59. The van der Waals surface area contributed by atoms with E-state index in [2.05, 4.69) is 13.2 Å². The Kier molecular flexibility index (Phi) is 11.6. The number of esters is 1. The summed E-state index contributed by atoms with van der Waals surface area (Å²) in [5, 5.41) is 9.63. The van der Waals surface area contributed by atoms with Crippen molar-refractivity contribution in [2.24, 2.45) is 11.8 Å². The van der Waals surface area contributed by atoms with Crippen LogP contribution in [-0.2, 0) is 28.7 Å². The zero-order chi connectivity index (χ0) is 32.7. The number of benzene rings is 1. The average molecular weight is 624 g/mol. The first-order valence-corrected chi connectivity index (χ1v) is 16.3. The molecule has 10 heteroatoms. The Hall–Kier alpha value is -3.50. The van der Waals surface area contributed by atoms with E-state index in [0.717, 1.165) is 18.4 Å². The number of hydrogen-bond donors (Lipinski definition) is 1. The van der Waals surface area contributed by atoms with Gasteiger partial charge in [-0.15, -0.1) is 13.2 Å². The molecule has 3 aliphatic heterocycles. The van der Waals surface area contributed by atoms with E-state index in [-0.39, 0.29) is 37.3 Å².